The fourth-order valence-electron chi connectivity index (χ4n) is 6.38. The van der Waals surface area contributed by atoms with E-state index in [4.69, 9.17) is 21.1 Å². The van der Waals surface area contributed by atoms with Crippen LogP contribution in [0, 0.1) is 5.41 Å². The number of halogens is 2. The van der Waals surface area contributed by atoms with Gasteiger partial charge in [0.2, 0.25) is 5.91 Å². The van der Waals surface area contributed by atoms with Crippen LogP contribution in [0.25, 0.3) is 11.1 Å². The molecule has 3 aromatic carbocycles. The van der Waals surface area contributed by atoms with E-state index < -0.39 is 6.09 Å². The van der Waals surface area contributed by atoms with E-state index in [1.807, 2.05) is 48.5 Å². The number of hydrogen-bond acceptors (Lipinski definition) is 6. The summed E-state index contributed by atoms with van der Waals surface area (Å²) in [6.07, 6.45) is 1.04. The minimum absolute atomic E-state index is 0.0412. The summed E-state index contributed by atoms with van der Waals surface area (Å²) in [7, 11) is 0. The van der Waals surface area contributed by atoms with Crippen molar-refractivity contribution in [1.82, 2.24) is 3.11 Å². The molecule has 3 saturated heterocycles. The fourth-order valence-corrected chi connectivity index (χ4v) is 8.37. The lowest BCUT2D eigenvalue weighted by Crippen LogP contribution is -2.56. The molecule has 3 heterocycles. The highest BCUT2D eigenvalue weighted by Gasteiger charge is 2.70. The molecule has 2 amide bonds. The molecule has 220 valence electrons. The summed E-state index contributed by atoms with van der Waals surface area (Å²) in [6, 6.07) is 21.1. The first kappa shape index (κ1) is 29.4. The molecule has 5 unspecified atom stereocenters. The van der Waals surface area contributed by atoms with Gasteiger partial charge in [-0.15, -0.1) is 0 Å². The molecule has 2 bridgehead atoms. The van der Waals surface area contributed by atoms with Gasteiger partial charge < -0.3 is 19.9 Å². The molecule has 0 aromatic heterocycles. The largest absolute Gasteiger partial charge is 0.444 e. The molecular weight excluding hydrogens is 669 g/mol. The van der Waals surface area contributed by atoms with Gasteiger partial charge in [0.25, 0.3) is 0 Å². The van der Waals surface area contributed by atoms with E-state index in [1.165, 1.54) is 0 Å². The molecular formula is C32H33ClIN3O5. The Kier molecular flexibility index (Phi) is 8.23. The first-order valence-corrected chi connectivity index (χ1v) is 15.4. The number of piperidine rings is 1. The zero-order chi connectivity index (χ0) is 29.6. The number of carbonyl (C=O) groups excluding carboxylic acids is 2. The number of hydrogen-bond donors (Lipinski definition) is 3. The Hall–Kier alpha value is -2.70. The number of fused-ring (bicyclic) bond motifs is 5. The van der Waals surface area contributed by atoms with E-state index in [0.29, 0.717) is 34.4 Å². The Balaban J connectivity index is 1.15. The third-order valence-corrected chi connectivity index (χ3v) is 10.1. The van der Waals surface area contributed by atoms with Crippen LogP contribution in [0.4, 0.5) is 16.2 Å². The number of morpholine rings is 1. The van der Waals surface area contributed by atoms with Crippen molar-refractivity contribution < 1.29 is 24.2 Å². The molecule has 5 atom stereocenters. The maximum Gasteiger partial charge on any atom is 0.411 e. The van der Waals surface area contributed by atoms with Gasteiger partial charge in [-0.05, 0) is 53.1 Å². The second kappa shape index (κ2) is 11.8. The smallest absolute Gasteiger partial charge is 0.411 e. The number of benzene rings is 3. The number of epoxide rings is 1. The molecule has 3 fully saturated rings. The molecule has 0 aliphatic carbocycles. The average molecular weight is 702 g/mol. The number of aliphatic hydroxyl groups is 1. The molecule has 10 heteroatoms. The summed E-state index contributed by atoms with van der Waals surface area (Å²) >= 11 is 8.52. The second-order valence-electron chi connectivity index (χ2n) is 11.9. The van der Waals surface area contributed by atoms with Crippen molar-refractivity contribution in [2.24, 2.45) is 5.41 Å². The van der Waals surface area contributed by atoms with E-state index in [0.717, 1.165) is 23.1 Å². The average Bonchev–Trinajstić information content (AvgIpc) is 3.66. The topological polar surface area (TPSA) is 103 Å². The Morgan fingerprint density at radius 1 is 1.10 bits per heavy atom. The SMILES string of the molecule is CC1(C)CC(OC(=O)Nc2cc(CCC(=O)Nc3ccc(CO)c(Cl)c3)ccc2-c2ccccc2)C2C3OC3C1N2I. The van der Waals surface area contributed by atoms with Crippen LogP contribution in [0.1, 0.15) is 37.8 Å². The highest BCUT2D eigenvalue weighted by atomic mass is 127. The number of aliphatic hydroxyl groups excluding tert-OH is 1. The lowest BCUT2D eigenvalue weighted by molar-refractivity contribution is -0.116. The summed E-state index contributed by atoms with van der Waals surface area (Å²) in [6.45, 7) is 4.26. The van der Waals surface area contributed by atoms with Crippen molar-refractivity contribution in [2.45, 2.75) is 70.1 Å². The van der Waals surface area contributed by atoms with Crippen LogP contribution in [-0.4, -0.2) is 50.6 Å². The van der Waals surface area contributed by atoms with Gasteiger partial charge in [-0.1, -0.05) is 74.0 Å². The van der Waals surface area contributed by atoms with E-state index in [2.05, 4.69) is 50.5 Å². The van der Waals surface area contributed by atoms with Crippen LogP contribution in [-0.2, 0) is 27.3 Å². The molecule has 3 aliphatic rings. The van der Waals surface area contributed by atoms with E-state index >= 15 is 0 Å². The molecule has 0 spiro atoms. The number of rotatable bonds is 8. The molecule has 6 rings (SSSR count). The quantitative estimate of drug-likeness (QED) is 0.139. The number of amides is 2. The molecule has 0 saturated carbocycles. The third-order valence-electron chi connectivity index (χ3n) is 8.48. The van der Waals surface area contributed by atoms with Crippen LogP contribution < -0.4 is 10.6 Å². The Bertz CT molecular complexity index is 1500. The predicted molar refractivity (Wildman–Crippen MR) is 171 cm³/mol. The van der Waals surface area contributed by atoms with Gasteiger partial charge in [0.05, 0.1) is 24.4 Å². The summed E-state index contributed by atoms with van der Waals surface area (Å²) < 4.78 is 14.3. The normalized spacial score (nSPS) is 25.4. The van der Waals surface area contributed by atoms with E-state index in [-0.39, 0.29) is 48.7 Å². The monoisotopic (exact) mass is 701 g/mol. The van der Waals surface area contributed by atoms with Crippen molar-refractivity contribution in [3.63, 3.8) is 0 Å². The van der Waals surface area contributed by atoms with Crippen LogP contribution in [0.2, 0.25) is 5.02 Å². The predicted octanol–water partition coefficient (Wildman–Crippen LogP) is 6.59. The van der Waals surface area contributed by atoms with Gasteiger partial charge in [-0.3, -0.25) is 10.1 Å². The summed E-state index contributed by atoms with van der Waals surface area (Å²) in [5.74, 6) is -0.164. The van der Waals surface area contributed by atoms with E-state index in [9.17, 15) is 14.7 Å². The zero-order valence-corrected chi connectivity index (χ0v) is 26.3. The van der Waals surface area contributed by atoms with Gasteiger partial charge in [0.1, 0.15) is 18.3 Å². The molecule has 3 aliphatic heterocycles. The Morgan fingerprint density at radius 3 is 2.62 bits per heavy atom. The number of nitrogens with zero attached hydrogens (tertiary/aromatic N) is 1. The van der Waals surface area contributed by atoms with Crippen LogP contribution in [0.3, 0.4) is 0 Å². The van der Waals surface area contributed by atoms with Crippen molar-refractivity contribution in [3.05, 3.63) is 82.9 Å². The summed E-state index contributed by atoms with van der Waals surface area (Å²) in [5, 5.41) is 15.6. The first-order chi connectivity index (χ1) is 20.1. The molecule has 8 nitrogen and oxygen atoms in total. The summed E-state index contributed by atoms with van der Waals surface area (Å²) in [4.78, 5) is 26.0. The molecule has 3 N–H and O–H groups in total. The van der Waals surface area contributed by atoms with Gasteiger partial charge in [0.15, 0.2) is 0 Å². The maximum absolute atomic E-state index is 13.3. The van der Waals surface area contributed by atoms with Crippen molar-refractivity contribution >= 4 is 57.8 Å². The van der Waals surface area contributed by atoms with Crippen molar-refractivity contribution in [1.29, 1.82) is 0 Å². The third kappa shape index (κ3) is 5.90. The van der Waals surface area contributed by atoms with Gasteiger partial charge >= 0.3 is 6.09 Å². The number of aryl methyl sites for hydroxylation is 1. The molecule has 42 heavy (non-hydrogen) atoms. The van der Waals surface area contributed by atoms with Crippen LogP contribution in [0.15, 0.2) is 66.7 Å². The minimum atomic E-state index is -0.501. The van der Waals surface area contributed by atoms with E-state index in [1.54, 1.807) is 18.2 Å². The van der Waals surface area contributed by atoms with Crippen molar-refractivity contribution in [3.8, 4) is 11.1 Å². The highest BCUT2D eigenvalue weighted by molar-refractivity contribution is 14.1. The number of nitrogens with one attached hydrogen (secondary N) is 2. The minimum Gasteiger partial charge on any atom is -0.444 e. The lowest BCUT2D eigenvalue weighted by atomic mass is 9.77. The van der Waals surface area contributed by atoms with Crippen molar-refractivity contribution in [2.75, 3.05) is 10.6 Å². The second-order valence-corrected chi connectivity index (χ2v) is 13.4. The maximum atomic E-state index is 13.3. The number of ether oxygens (including phenoxy) is 2. The Labute approximate surface area is 264 Å². The van der Waals surface area contributed by atoms with Gasteiger partial charge in [0, 0.05) is 45.6 Å². The number of anilines is 2. The number of carbonyl (C=O) groups is 2. The van der Waals surface area contributed by atoms with Crippen LogP contribution >= 0.6 is 34.5 Å². The standard InChI is InChI=1S/C32H33ClIN3O5/c1-32(2)16-25(27-28-29(42-28)30(32)37(27)34)41-31(40)36-24-14-18(8-12-22(24)19-6-4-3-5-7-19)9-13-26(39)35-21-11-10-20(17-38)23(33)15-21/h3-8,10-12,14-15,25,27-30,38H,9,13,16-17H2,1-2H3,(H,35,39)(H,36,40). The van der Waals surface area contributed by atoms with Gasteiger partial charge in [-0.2, -0.15) is 0 Å². The highest BCUT2D eigenvalue weighted by Crippen LogP contribution is 2.57. The zero-order valence-electron chi connectivity index (χ0n) is 23.3. The molecule has 0 radical (unpaired) electrons. The molecule has 3 aromatic rings. The lowest BCUT2D eigenvalue weighted by Gasteiger charge is -2.46. The van der Waals surface area contributed by atoms with Gasteiger partial charge in [-0.25, -0.2) is 7.91 Å². The fraction of sp³-hybridized carbons (Fsp3) is 0.375. The van der Waals surface area contributed by atoms with Crippen LogP contribution in [0.5, 0.6) is 0 Å². The summed E-state index contributed by atoms with van der Waals surface area (Å²) in [5.41, 5.74) is 4.49. The Morgan fingerprint density at radius 2 is 1.88 bits per heavy atom. The first-order valence-electron chi connectivity index (χ1n) is 14.1.